The van der Waals surface area contributed by atoms with Crippen LogP contribution < -0.4 is 4.90 Å². The second-order valence-electron chi connectivity index (χ2n) is 7.76. The molecule has 2 aliphatic rings. The maximum atomic E-state index is 12.8. The summed E-state index contributed by atoms with van der Waals surface area (Å²) in [4.78, 5) is 22.7. The Morgan fingerprint density at radius 3 is 2.41 bits per heavy atom. The minimum absolute atomic E-state index is 0.00110. The SMILES string of the molecule is CCN(C(=O)CN1CCN(c2ncc(C(F)(F)F)cc2Cl)CC1)C1CCCCC1. The van der Waals surface area contributed by atoms with Gasteiger partial charge in [0.2, 0.25) is 5.91 Å². The molecule has 0 N–H and O–H groups in total. The van der Waals surface area contributed by atoms with Gasteiger partial charge in [0.1, 0.15) is 5.82 Å². The van der Waals surface area contributed by atoms with Crippen LogP contribution in [0.15, 0.2) is 12.3 Å². The summed E-state index contributed by atoms with van der Waals surface area (Å²) in [6.07, 6.45) is 2.17. The van der Waals surface area contributed by atoms with Crippen molar-refractivity contribution in [2.45, 2.75) is 51.2 Å². The van der Waals surface area contributed by atoms with Crippen LogP contribution in [-0.4, -0.2) is 66.0 Å². The van der Waals surface area contributed by atoms with Gasteiger partial charge in [-0.25, -0.2) is 4.98 Å². The molecule has 1 saturated heterocycles. The average Bonchev–Trinajstić information content (AvgIpc) is 2.69. The highest BCUT2D eigenvalue weighted by molar-refractivity contribution is 6.33. The number of anilines is 1. The number of hydrogen-bond donors (Lipinski definition) is 0. The zero-order chi connectivity index (χ0) is 21.0. The van der Waals surface area contributed by atoms with Crippen LogP contribution in [0.2, 0.25) is 5.02 Å². The van der Waals surface area contributed by atoms with E-state index < -0.39 is 11.7 Å². The first-order valence-corrected chi connectivity index (χ1v) is 10.7. The lowest BCUT2D eigenvalue weighted by molar-refractivity contribution is -0.138. The molecule has 9 heteroatoms. The smallest absolute Gasteiger partial charge is 0.353 e. The first-order chi connectivity index (χ1) is 13.8. The molecule has 162 valence electrons. The Bertz CT molecular complexity index is 701. The molecule has 3 rings (SSSR count). The van der Waals surface area contributed by atoms with Crippen LogP contribution >= 0.6 is 11.6 Å². The molecule has 2 heterocycles. The van der Waals surface area contributed by atoms with Crippen molar-refractivity contribution in [1.29, 1.82) is 0 Å². The van der Waals surface area contributed by atoms with Gasteiger partial charge in [0, 0.05) is 45.0 Å². The predicted molar refractivity (Wildman–Crippen MR) is 107 cm³/mol. The van der Waals surface area contributed by atoms with Crippen molar-refractivity contribution in [3.8, 4) is 0 Å². The van der Waals surface area contributed by atoms with E-state index in [1.54, 1.807) is 0 Å². The van der Waals surface area contributed by atoms with Gasteiger partial charge in [0.05, 0.1) is 17.1 Å². The Hall–Kier alpha value is -1.54. The van der Waals surface area contributed by atoms with Crippen molar-refractivity contribution in [2.24, 2.45) is 0 Å². The largest absolute Gasteiger partial charge is 0.417 e. The number of nitrogens with zero attached hydrogens (tertiary/aromatic N) is 4. The highest BCUT2D eigenvalue weighted by atomic mass is 35.5. The Morgan fingerprint density at radius 1 is 1.21 bits per heavy atom. The van der Waals surface area contributed by atoms with Gasteiger partial charge in [-0.2, -0.15) is 13.2 Å². The van der Waals surface area contributed by atoms with Gasteiger partial charge < -0.3 is 9.80 Å². The number of carbonyl (C=O) groups excluding carboxylic acids is 1. The number of aromatic nitrogens is 1. The number of hydrogen-bond acceptors (Lipinski definition) is 4. The zero-order valence-corrected chi connectivity index (χ0v) is 17.5. The molecule has 2 fully saturated rings. The number of carbonyl (C=O) groups is 1. The van der Waals surface area contributed by atoms with Crippen molar-refractivity contribution in [2.75, 3.05) is 44.2 Å². The first-order valence-electron chi connectivity index (χ1n) is 10.3. The molecule has 29 heavy (non-hydrogen) atoms. The molecule has 5 nitrogen and oxygen atoms in total. The van der Waals surface area contributed by atoms with Crippen LogP contribution in [0, 0.1) is 0 Å². The molecule has 0 unspecified atom stereocenters. The van der Waals surface area contributed by atoms with Gasteiger partial charge in [0.15, 0.2) is 0 Å². The summed E-state index contributed by atoms with van der Waals surface area (Å²) >= 11 is 6.06. The molecule has 0 radical (unpaired) electrons. The van der Waals surface area contributed by atoms with E-state index in [9.17, 15) is 18.0 Å². The lowest BCUT2D eigenvalue weighted by Crippen LogP contribution is -2.52. The van der Waals surface area contributed by atoms with E-state index in [0.29, 0.717) is 44.6 Å². The number of amides is 1. The highest BCUT2D eigenvalue weighted by Gasteiger charge is 2.32. The fourth-order valence-electron chi connectivity index (χ4n) is 4.25. The summed E-state index contributed by atoms with van der Waals surface area (Å²) in [6.45, 7) is 5.57. The quantitative estimate of drug-likeness (QED) is 0.703. The number of rotatable bonds is 5. The molecule has 1 aromatic heterocycles. The van der Waals surface area contributed by atoms with E-state index in [1.165, 1.54) is 19.3 Å². The molecule has 0 atom stereocenters. The molecular weight excluding hydrogens is 405 g/mol. The Labute approximate surface area is 174 Å². The van der Waals surface area contributed by atoms with Gasteiger partial charge in [-0.3, -0.25) is 9.69 Å². The molecule has 1 aliphatic carbocycles. The first kappa shape index (κ1) is 22.2. The number of halogens is 4. The van der Waals surface area contributed by atoms with Crippen molar-refractivity contribution >= 4 is 23.3 Å². The van der Waals surface area contributed by atoms with E-state index in [1.807, 2.05) is 16.7 Å². The second-order valence-corrected chi connectivity index (χ2v) is 8.17. The summed E-state index contributed by atoms with van der Waals surface area (Å²) < 4.78 is 38.4. The Kier molecular flexibility index (Phi) is 7.27. The molecular formula is C20H28ClF3N4O. The third-order valence-corrected chi connectivity index (χ3v) is 6.13. The molecule has 1 aliphatic heterocycles. The summed E-state index contributed by atoms with van der Waals surface area (Å²) in [7, 11) is 0. The van der Waals surface area contributed by atoms with Crippen LogP contribution in [0.5, 0.6) is 0 Å². The monoisotopic (exact) mass is 432 g/mol. The lowest BCUT2D eigenvalue weighted by Gasteiger charge is -2.38. The maximum Gasteiger partial charge on any atom is 0.417 e. The van der Waals surface area contributed by atoms with Crippen LogP contribution in [0.25, 0.3) is 0 Å². The zero-order valence-electron chi connectivity index (χ0n) is 16.7. The topological polar surface area (TPSA) is 39.7 Å². The van der Waals surface area contributed by atoms with E-state index in [0.717, 1.165) is 31.6 Å². The molecule has 1 saturated carbocycles. The van der Waals surface area contributed by atoms with Gasteiger partial charge in [-0.05, 0) is 25.8 Å². The number of alkyl halides is 3. The average molecular weight is 433 g/mol. The minimum Gasteiger partial charge on any atom is -0.353 e. The minimum atomic E-state index is -4.46. The van der Waals surface area contributed by atoms with Crippen LogP contribution in [-0.2, 0) is 11.0 Å². The summed E-state index contributed by atoms with van der Waals surface area (Å²) in [6, 6.07) is 1.28. The number of piperazine rings is 1. The van der Waals surface area contributed by atoms with Crippen molar-refractivity contribution in [1.82, 2.24) is 14.8 Å². The third-order valence-electron chi connectivity index (χ3n) is 5.86. The molecule has 1 aromatic rings. The van der Waals surface area contributed by atoms with Crippen molar-refractivity contribution in [3.63, 3.8) is 0 Å². The van der Waals surface area contributed by atoms with E-state index in [2.05, 4.69) is 9.88 Å². The lowest BCUT2D eigenvalue weighted by atomic mass is 9.94. The van der Waals surface area contributed by atoms with E-state index in [4.69, 9.17) is 11.6 Å². The van der Waals surface area contributed by atoms with Gasteiger partial charge >= 0.3 is 6.18 Å². The number of pyridine rings is 1. The molecule has 1 amide bonds. The fraction of sp³-hybridized carbons (Fsp3) is 0.700. The van der Waals surface area contributed by atoms with Gasteiger partial charge in [0.25, 0.3) is 0 Å². The molecule has 0 aromatic carbocycles. The predicted octanol–water partition coefficient (Wildman–Crippen LogP) is 4.06. The van der Waals surface area contributed by atoms with E-state index >= 15 is 0 Å². The standard InChI is InChI=1S/C20H28ClF3N4O/c1-2-28(16-6-4-3-5-7-16)18(29)14-26-8-10-27(11-9-26)19-17(21)12-15(13-25-19)20(22,23)24/h12-13,16H,2-11,14H2,1H3. The molecule has 0 bridgehead atoms. The Balaban J connectivity index is 1.54. The van der Waals surface area contributed by atoms with Crippen LogP contribution in [0.3, 0.4) is 0 Å². The van der Waals surface area contributed by atoms with Crippen molar-refractivity contribution < 1.29 is 18.0 Å². The highest BCUT2D eigenvalue weighted by Crippen LogP contribution is 2.33. The summed E-state index contributed by atoms with van der Waals surface area (Å²) in [5, 5.41) is -0.00110. The van der Waals surface area contributed by atoms with Crippen LogP contribution in [0.1, 0.15) is 44.6 Å². The van der Waals surface area contributed by atoms with Crippen LogP contribution in [0.4, 0.5) is 19.0 Å². The van der Waals surface area contributed by atoms with Gasteiger partial charge in [-0.15, -0.1) is 0 Å². The fourth-order valence-corrected chi connectivity index (χ4v) is 4.54. The van der Waals surface area contributed by atoms with Gasteiger partial charge in [-0.1, -0.05) is 30.9 Å². The number of likely N-dealkylation sites (N-methyl/N-ethyl adjacent to an activating group) is 1. The summed E-state index contributed by atoms with van der Waals surface area (Å²) in [5.41, 5.74) is -0.849. The summed E-state index contributed by atoms with van der Waals surface area (Å²) in [5.74, 6) is 0.529. The normalized spacial score (nSPS) is 19.4. The van der Waals surface area contributed by atoms with Crippen molar-refractivity contribution in [3.05, 3.63) is 22.8 Å². The second kappa shape index (κ2) is 9.51. The maximum absolute atomic E-state index is 12.8. The third kappa shape index (κ3) is 5.54. The molecule has 0 spiro atoms. The van der Waals surface area contributed by atoms with E-state index in [-0.39, 0.29) is 10.9 Å². The Morgan fingerprint density at radius 2 is 1.86 bits per heavy atom.